The van der Waals surface area contributed by atoms with Gasteiger partial charge in [-0.15, -0.1) is 6.58 Å². The number of carbonyl (C=O) groups is 1. The fourth-order valence-electron chi connectivity index (χ4n) is 2.82. The lowest BCUT2D eigenvalue weighted by atomic mass is 10.2. The Labute approximate surface area is 160 Å². The van der Waals surface area contributed by atoms with Gasteiger partial charge >= 0.3 is 0 Å². The molecule has 0 bridgehead atoms. The number of amides is 1. The molecule has 0 unspecified atom stereocenters. The molecule has 8 heteroatoms. The highest BCUT2D eigenvalue weighted by Crippen LogP contribution is 2.27. The van der Waals surface area contributed by atoms with E-state index < -0.39 is 0 Å². The van der Waals surface area contributed by atoms with E-state index in [0.29, 0.717) is 28.7 Å². The molecule has 1 aromatic carbocycles. The Balaban J connectivity index is 1.93. The first kappa shape index (κ1) is 17.3. The lowest BCUT2D eigenvalue weighted by Gasteiger charge is -2.02. The fraction of sp³-hybridized carbons (Fsp3) is 0.0500. The lowest BCUT2D eigenvalue weighted by Crippen LogP contribution is -2.24. The third kappa shape index (κ3) is 3.07. The molecule has 1 amide bonds. The fourth-order valence-corrected chi connectivity index (χ4v) is 2.82. The van der Waals surface area contributed by atoms with Crippen LogP contribution in [0.15, 0.2) is 66.5 Å². The van der Waals surface area contributed by atoms with Gasteiger partial charge in [0.2, 0.25) is 0 Å². The lowest BCUT2D eigenvalue weighted by molar-refractivity contribution is 0.0960. The topological polar surface area (TPSA) is 111 Å². The number of nitrogen functional groups attached to an aromatic ring is 1. The molecule has 0 fully saturated rings. The molecule has 28 heavy (non-hydrogen) atoms. The molecule has 0 aliphatic rings. The number of nitrogens with zero attached hydrogens (tertiary/aromatic N) is 5. The third-order valence-corrected chi connectivity index (χ3v) is 4.11. The number of aromatic nitrogens is 4. The first-order valence-corrected chi connectivity index (χ1v) is 8.59. The summed E-state index contributed by atoms with van der Waals surface area (Å²) >= 11 is 0. The van der Waals surface area contributed by atoms with Crippen molar-refractivity contribution in [1.29, 1.82) is 0 Å². The first-order valence-electron chi connectivity index (χ1n) is 8.59. The van der Waals surface area contributed by atoms with Crippen molar-refractivity contribution in [2.75, 3.05) is 12.3 Å². The predicted molar refractivity (Wildman–Crippen MR) is 109 cm³/mol. The van der Waals surface area contributed by atoms with Crippen LogP contribution in [-0.2, 0) is 0 Å². The van der Waals surface area contributed by atoms with Crippen molar-refractivity contribution < 1.29 is 4.79 Å². The van der Waals surface area contributed by atoms with Gasteiger partial charge in [0.05, 0.1) is 17.2 Å². The number of para-hydroxylation sites is 2. The maximum atomic E-state index is 12.7. The maximum Gasteiger partial charge on any atom is 0.257 e. The summed E-state index contributed by atoms with van der Waals surface area (Å²) < 4.78 is 1.42. The Morgan fingerprint density at radius 3 is 2.71 bits per heavy atom. The number of carbonyl (C=O) groups excluding carboxylic acids is 1. The van der Waals surface area contributed by atoms with E-state index in [4.69, 9.17) is 5.73 Å². The van der Waals surface area contributed by atoms with Crippen molar-refractivity contribution in [2.24, 2.45) is 5.10 Å². The van der Waals surface area contributed by atoms with Crippen molar-refractivity contribution in [2.45, 2.75) is 0 Å². The number of hydrogen-bond donors (Lipinski definition) is 2. The minimum atomic E-state index is -0.359. The van der Waals surface area contributed by atoms with Crippen molar-refractivity contribution in [3.63, 3.8) is 0 Å². The zero-order chi connectivity index (χ0) is 19.5. The second kappa shape index (κ2) is 7.28. The Bertz CT molecular complexity index is 1210. The highest BCUT2D eigenvalue weighted by Gasteiger charge is 2.23. The molecule has 4 rings (SSSR count). The van der Waals surface area contributed by atoms with Crippen LogP contribution >= 0.6 is 0 Å². The van der Waals surface area contributed by atoms with Crippen molar-refractivity contribution in [1.82, 2.24) is 24.9 Å². The van der Waals surface area contributed by atoms with E-state index in [-0.39, 0.29) is 17.3 Å². The van der Waals surface area contributed by atoms with E-state index in [0.717, 1.165) is 5.56 Å². The molecule has 3 heterocycles. The van der Waals surface area contributed by atoms with Crippen LogP contribution < -0.4 is 11.1 Å². The van der Waals surface area contributed by atoms with Gasteiger partial charge < -0.3 is 11.1 Å². The normalized spacial score (nSPS) is 11.3. The molecule has 138 valence electrons. The van der Waals surface area contributed by atoms with Crippen LogP contribution in [0.4, 0.5) is 5.82 Å². The van der Waals surface area contributed by atoms with E-state index in [1.807, 2.05) is 30.3 Å². The molecule has 0 aliphatic heterocycles. The number of pyridine rings is 1. The highest BCUT2D eigenvalue weighted by atomic mass is 16.1. The summed E-state index contributed by atoms with van der Waals surface area (Å²) in [5.41, 5.74) is 9.45. The van der Waals surface area contributed by atoms with Crippen LogP contribution in [0.1, 0.15) is 15.9 Å². The molecule has 0 saturated carbocycles. The summed E-state index contributed by atoms with van der Waals surface area (Å²) in [5, 5.41) is 7.16. The minimum Gasteiger partial charge on any atom is -0.383 e. The maximum absolute atomic E-state index is 12.7. The molecule has 0 aliphatic carbocycles. The third-order valence-electron chi connectivity index (χ3n) is 4.11. The molecular weight excluding hydrogens is 354 g/mol. The Kier molecular flexibility index (Phi) is 4.51. The van der Waals surface area contributed by atoms with Crippen LogP contribution in [0, 0.1) is 0 Å². The number of fused-ring (bicyclic) bond motifs is 2. The zero-order valence-corrected chi connectivity index (χ0v) is 14.9. The van der Waals surface area contributed by atoms with Gasteiger partial charge in [-0.1, -0.05) is 24.3 Å². The number of hydrogen-bond acceptors (Lipinski definition) is 6. The highest BCUT2D eigenvalue weighted by molar-refractivity contribution is 6.10. The van der Waals surface area contributed by atoms with Gasteiger partial charge in [0.1, 0.15) is 16.9 Å². The smallest absolute Gasteiger partial charge is 0.257 e. The SMILES string of the molecule is C=CCNC(=O)c1c(N)n(/N=C/c2cccnc2)c2nc3ccccc3nc12. The van der Waals surface area contributed by atoms with Crippen molar-refractivity contribution >= 4 is 40.1 Å². The summed E-state index contributed by atoms with van der Waals surface area (Å²) in [5.74, 6) is -0.200. The number of rotatable bonds is 5. The van der Waals surface area contributed by atoms with Crippen LogP contribution in [0.3, 0.4) is 0 Å². The van der Waals surface area contributed by atoms with Gasteiger partial charge in [-0.2, -0.15) is 9.78 Å². The standard InChI is InChI=1S/C20H17N7O/c1-2-9-23-20(28)16-17-19(26-15-8-4-3-7-14(15)25-17)27(18(16)21)24-12-13-6-5-10-22-11-13/h2-8,10-12H,1,9,21H2,(H,23,28)/b24-12+. The van der Waals surface area contributed by atoms with E-state index in [2.05, 4.69) is 31.9 Å². The van der Waals surface area contributed by atoms with Crippen LogP contribution in [0.5, 0.6) is 0 Å². The molecule has 3 N–H and O–H groups in total. The van der Waals surface area contributed by atoms with Gasteiger partial charge in [0.25, 0.3) is 5.91 Å². The molecular formula is C20H17N7O. The number of nitrogens with two attached hydrogens (primary N) is 1. The van der Waals surface area contributed by atoms with E-state index >= 15 is 0 Å². The number of anilines is 1. The molecule has 0 atom stereocenters. The second-order valence-electron chi connectivity index (χ2n) is 5.99. The zero-order valence-electron chi connectivity index (χ0n) is 14.9. The van der Waals surface area contributed by atoms with Gasteiger partial charge in [-0.05, 0) is 18.2 Å². The summed E-state index contributed by atoms with van der Waals surface area (Å²) in [4.78, 5) is 26.0. The largest absolute Gasteiger partial charge is 0.383 e. The molecule has 0 spiro atoms. The number of nitrogens with one attached hydrogen (secondary N) is 1. The Morgan fingerprint density at radius 1 is 1.21 bits per heavy atom. The average Bonchev–Trinajstić information content (AvgIpc) is 3.00. The minimum absolute atomic E-state index is 0.159. The van der Waals surface area contributed by atoms with Crippen LogP contribution in [-0.4, -0.2) is 38.3 Å². The predicted octanol–water partition coefficient (Wildman–Crippen LogP) is 2.36. The van der Waals surface area contributed by atoms with E-state index in [1.54, 1.807) is 30.8 Å². The van der Waals surface area contributed by atoms with Crippen LogP contribution in [0.2, 0.25) is 0 Å². The summed E-state index contributed by atoms with van der Waals surface area (Å²) in [6.07, 6.45) is 6.54. The van der Waals surface area contributed by atoms with Crippen molar-refractivity contribution in [3.05, 3.63) is 72.6 Å². The molecule has 0 radical (unpaired) electrons. The monoisotopic (exact) mass is 371 g/mol. The molecule has 4 aromatic rings. The van der Waals surface area contributed by atoms with E-state index in [9.17, 15) is 4.79 Å². The van der Waals surface area contributed by atoms with E-state index in [1.165, 1.54) is 4.68 Å². The summed E-state index contributed by atoms with van der Waals surface area (Å²) in [6.45, 7) is 3.92. The average molecular weight is 371 g/mol. The van der Waals surface area contributed by atoms with Crippen molar-refractivity contribution in [3.8, 4) is 0 Å². The Hall–Kier alpha value is -4.07. The van der Waals surface area contributed by atoms with Gasteiger partial charge in [-0.25, -0.2) is 9.97 Å². The molecule has 0 saturated heterocycles. The van der Waals surface area contributed by atoms with Gasteiger partial charge in [0, 0.05) is 24.5 Å². The molecule has 3 aromatic heterocycles. The second-order valence-corrected chi connectivity index (χ2v) is 5.99. The number of benzene rings is 1. The summed E-state index contributed by atoms with van der Waals surface area (Å²) in [6, 6.07) is 11.1. The quantitative estimate of drug-likeness (QED) is 0.413. The first-order chi connectivity index (χ1) is 13.7. The summed E-state index contributed by atoms with van der Waals surface area (Å²) in [7, 11) is 0. The van der Waals surface area contributed by atoms with Crippen LogP contribution in [0.25, 0.3) is 22.2 Å². The van der Waals surface area contributed by atoms with Gasteiger partial charge in [-0.3, -0.25) is 9.78 Å². The van der Waals surface area contributed by atoms with Gasteiger partial charge in [0.15, 0.2) is 5.65 Å². The Morgan fingerprint density at radius 2 is 2.00 bits per heavy atom. The molecule has 8 nitrogen and oxygen atoms in total.